The van der Waals surface area contributed by atoms with Crippen LogP contribution in [0.15, 0.2) is 41.1 Å². The van der Waals surface area contributed by atoms with Gasteiger partial charge < -0.3 is 15.1 Å². The number of anilines is 2. The molecule has 0 spiro atoms. The fraction of sp³-hybridized carbons (Fsp3) is 0.407. The first-order chi connectivity index (χ1) is 19.5. The Morgan fingerprint density at radius 2 is 2.00 bits per heavy atom. The lowest BCUT2D eigenvalue weighted by Gasteiger charge is -2.32. The number of carbonyl (C=O) groups is 2. The zero-order chi connectivity index (χ0) is 27.6. The van der Waals surface area contributed by atoms with Crippen molar-refractivity contribution in [2.45, 2.75) is 38.1 Å². The van der Waals surface area contributed by atoms with E-state index in [-0.39, 0.29) is 29.5 Å². The Kier molecular flexibility index (Phi) is 7.35. The lowest BCUT2D eigenvalue weighted by atomic mass is 10.1. The summed E-state index contributed by atoms with van der Waals surface area (Å²) in [5.41, 5.74) is 7.66. The third kappa shape index (κ3) is 5.36. The molecule has 12 nitrogen and oxygen atoms in total. The standard InChI is InChI=1S/C27H30ClN9O3/c28-17-8-9-20-19(14-17)32-27(40-20)33-26(39)23-22-24(29)30-16-31-25(22)37(34-23)18-6-4-13-36(15-18)21(38)7-5-12-35-10-2-1-3-11-35/h5,7-9,14,16,18H,1-4,6,10-13,15H2,(H2,29,30,31)(H,32,33,39)/t18-/m1/s1. The van der Waals surface area contributed by atoms with E-state index in [2.05, 4.69) is 30.3 Å². The van der Waals surface area contributed by atoms with Gasteiger partial charge in [-0.2, -0.15) is 10.1 Å². The van der Waals surface area contributed by atoms with Gasteiger partial charge in [-0.1, -0.05) is 24.1 Å². The first-order valence-electron chi connectivity index (χ1n) is 13.5. The molecule has 1 atom stereocenters. The van der Waals surface area contributed by atoms with Gasteiger partial charge in [0.05, 0.1) is 11.4 Å². The zero-order valence-electron chi connectivity index (χ0n) is 21.9. The van der Waals surface area contributed by atoms with Crippen LogP contribution in [0.3, 0.4) is 0 Å². The van der Waals surface area contributed by atoms with E-state index in [1.165, 1.54) is 25.6 Å². The molecule has 0 aliphatic carbocycles. The van der Waals surface area contributed by atoms with Gasteiger partial charge in [-0.15, -0.1) is 0 Å². The molecule has 1 aromatic carbocycles. The minimum Gasteiger partial charge on any atom is -0.423 e. The maximum Gasteiger partial charge on any atom is 0.302 e. The second-order valence-electron chi connectivity index (χ2n) is 10.2. The molecular formula is C27H30ClN9O3. The number of amides is 2. The average molecular weight is 564 g/mol. The van der Waals surface area contributed by atoms with Gasteiger partial charge in [-0.25, -0.2) is 14.6 Å². The maximum atomic E-state index is 13.3. The van der Waals surface area contributed by atoms with Crippen molar-refractivity contribution >= 4 is 57.4 Å². The number of rotatable bonds is 6. The van der Waals surface area contributed by atoms with Crippen molar-refractivity contribution in [3.05, 3.63) is 47.4 Å². The molecule has 2 amide bonds. The molecule has 0 bridgehead atoms. The normalized spacial score (nSPS) is 18.6. The zero-order valence-corrected chi connectivity index (χ0v) is 22.7. The number of nitrogen functional groups attached to an aromatic ring is 1. The highest BCUT2D eigenvalue weighted by Crippen LogP contribution is 2.30. The maximum absolute atomic E-state index is 13.3. The Morgan fingerprint density at radius 1 is 1.15 bits per heavy atom. The van der Waals surface area contributed by atoms with E-state index in [0.717, 1.165) is 32.5 Å². The molecule has 2 fully saturated rings. The van der Waals surface area contributed by atoms with Crippen LogP contribution in [0, 0.1) is 0 Å². The smallest absolute Gasteiger partial charge is 0.302 e. The molecule has 2 aliphatic rings. The van der Waals surface area contributed by atoms with Crippen LogP contribution in [-0.2, 0) is 4.79 Å². The van der Waals surface area contributed by atoms with E-state index in [1.54, 1.807) is 29.0 Å². The van der Waals surface area contributed by atoms with E-state index < -0.39 is 5.91 Å². The summed E-state index contributed by atoms with van der Waals surface area (Å²) in [5.74, 6) is -0.455. The molecule has 3 aromatic heterocycles. The number of halogens is 1. The number of likely N-dealkylation sites (tertiary alicyclic amines) is 2. The quantitative estimate of drug-likeness (QED) is 0.335. The first kappa shape index (κ1) is 26.2. The van der Waals surface area contributed by atoms with Crippen LogP contribution >= 0.6 is 11.6 Å². The van der Waals surface area contributed by atoms with Gasteiger partial charge in [0.25, 0.3) is 5.91 Å². The van der Waals surface area contributed by atoms with Gasteiger partial charge in [0.1, 0.15) is 17.7 Å². The highest BCUT2D eigenvalue weighted by atomic mass is 35.5. The van der Waals surface area contributed by atoms with Crippen molar-refractivity contribution in [1.29, 1.82) is 0 Å². The van der Waals surface area contributed by atoms with Crippen LogP contribution in [0.25, 0.3) is 22.1 Å². The number of carbonyl (C=O) groups excluding carboxylic acids is 2. The number of fused-ring (bicyclic) bond motifs is 2. The van der Waals surface area contributed by atoms with Crippen LogP contribution in [0.1, 0.15) is 48.6 Å². The van der Waals surface area contributed by atoms with Crippen molar-refractivity contribution in [3.8, 4) is 0 Å². The summed E-state index contributed by atoms with van der Waals surface area (Å²) in [5, 5.41) is 8.12. The number of nitrogens with zero attached hydrogens (tertiary/aromatic N) is 7. The summed E-state index contributed by atoms with van der Waals surface area (Å²) in [6.07, 6.45) is 10.2. The highest BCUT2D eigenvalue weighted by molar-refractivity contribution is 6.31. The van der Waals surface area contributed by atoms with Crippen LogP contribution in [0.4, 0.5) is 11.8 Å². The third-order valence-corrected chi connectivity index (χ3v) is 7.67. The van der Waals surface area contributed by atoms with Gasteiger partial charge in [0, 0.05) is 30.7 Å². The molecule has 0 radical (unpaired) electrons. The van der Waals surface area contributed by atoms with E-state index in [1.807, 2.05) is 11.0 Å². The Morgan fingerprint density at radius 3 is 2.85 bits per heavy atom. The van der Waals surface area contributed by atoms with Crippen LogP contribution in [0.5, 0.6) is 0 Å². The summed E-state index contributed by atoms with van der Waals surface area (Å²) < 4.78 is 7.33. The number of benzene rings is 1. The summed E-state index contributed by atoms with van der Waals surface area (Å²) in [4.78, 5) is 43.3. The summed E-state index contributed by atoms with van der Waals surface area (Å²) in [7, 11) is 0. The molecule has 2 saturated heterocycles. The molecule has 0 saturated carbocycles. The fourth-order valence-electron chi connectivity index (χ4n) is 5.42. The number of hydrogen-bond acceptors (Lipinski definition) is 9. The number of oxazole rings is 1. The molecule has 208 valence electrons. The number of hydrogen-bond donors (Lipinski definition) is 2. The van der Waals surface area contributed by atoms with Crippen molar-refractivity contribution < 1.29 is 14.0 Å². The minimum atomic E-state index is -0.563. The number of nitrogens with one attached hydrogen (secondary N) is 1. The molecule has 0 unspecified atom stereocenters. The van der Waals surface area contributed by atoms with Crippen molar-refractivity contribution in [1.82, 2.24) is 34.5 Å². The SMILES string of the molecule is Nc1ncnc2c1c(C(=O)Nc1nc3cc(Cl)ccc3o1)nn2[C@@H]1CCCN(C(=O)C=CCN2CCCCC2)C1. The number of aromatic nitrogens is 5. The van der Waals surface area contributed by atoms with Crippen LogP contribution in [0.2, 0.25) is 5.02 Å². The molecule has 40 heavy (non-hydrogen) atoms. The third-order valence-electron chi connectivity index (χ3n) is 7.43. The van der Waals surface area contributed by atoms with Gasteiger partial charge in [-0.3, -0.25) is 19.8 Å². The van der Waals surface area contributed by atoms with Crippen LogP contribution < -0.4 is 11.1 Å². The predicted octanol–water partition coefficient (Wildman–Crippen LogP) is 3.66. The predicted molar refractivity (Wildman–Crippen MR) is 151 cm³/mol. The molecule has 5 heterocycles. The monoisotopic (exact) mass is 563 g/mol. The second kappa shape index (κ2) is 11.2. The lowest BCUT2D eigenvalue weighted by molar-refractivity contribution is -0.127. The van der Waals surface area contributed by atoms with Gasteiger partial charge in [0.15, 0.2) is 16.9 Å². The number of nitrogens with two attached hydrogens (primary N) is 1. The van der Waals surface area contributed by atoms with E-state index in [0.29, 0.717) is 40.2 Å². The lowest BCUT2D eigenvalue weighted by Crippen LogP contribution is -2.40. The molecule has 2 aliphatic heterocycles. The highest BCUT2D eigenvalue weighted by Gasteiger charge is 2.30. The molecule has 13 heteroatoms. The molecule has 6 rings (SSSR count). The summed E-state index contributed by atoms with van der Waals surface area (Å²) >= 11 is 6.04. The largest absolute Gasteiger partial charge is 0.423 e. The fourth-order valence-corrected chi connectivity index (χ4v) is 5.59. The second-order valence-corrected chi connectivity index (χ2v) is 10.6. The summed E-state index contributed by atoms with van der Waals surface area (Å²) in [6.45, 7) is 4.06. The minimum absolute atomic E-state index is 0.00571. The first-order valence-corrected chi connectivity index (χ1v) is 13.9. The van der Waals surface area contributed by atoms with Crippen molar-refractivity contribution in [2.75, 3.05) is 43.8 Å². The molecule has 4 aromatic rings. The van der Waals surface area contributed by atoms with Crippen LogP contribution in [-0.4, -0.2) is 79.1 Å². The Bertz CT molecular complexity index is 1590. The average Bonchev–Trinajstić information content (AvgIpc) is 3.55. The van der Waals surface area contributed by atoms with Gasteiger partial charge in [-0.05, 0) is 57.0 Å². The number of piperidine rings is 2. The van der Waals surface area contributed by atoms with E-state index in [9.17, 15) is 9.59 Å². The summed E-state index contributed by atoms with van der Waals surface area (Å²) in [6, 6.07) is 4.82. The van der Waals surface area contributed by atoms with Gasteiger partial charge in [0.2, 0.25) is 5.91 Å². The van der Waals surface area contributed by atoms with E-state index >= 15 is 0 Å². The Labute approximate surface area is 235 Å². The van der Waals surface area contributed by atoms with E-state index in [4.69, 9.17) is 21.8 Å². The molecule has 3 N–H and O–H groups in total. The Balaban J connectivity index is 1.21. The van der Waals surface area contributed by atoms with Crippen molar-refractivity contribution in [2.24, 2.45) is 0 Å². The topological polar surface area (TPSA) is 148 Å². The van der Waals surface area contributed by atoms with Gasteiger partial charge >= 0.3 is 6.01 Å². The molecular weight excluding hydrogens is 534 g/mol. The van der Waals surface area contributed by atoms with Crippen molar-refractivity contribution in [3.63, 3.8) is 0 Å². The Hall–Kier alpha value is -4.03.